The van der Waals surface area contributed by atoms with E-state index in [4.69, 9.17) is 9.47 Å². The Hall–Kier alpha value is -1.06. The van der Waals surface area contributed by atoms with Gasteiger partial charge in [-0.3, -0.25) is 0 Å². The van der Waals surface area contributed by atoms with Crippen LogP contribution >= 0.6 is 0 Å². The summed E-state index contributed by atoms with van der Waals surface area (Å²) in [4.78, 5) is 0. The second-order valence-corrected chi connectivity index (χ2v) is 5.69. The quantitative estimate of drug-likeness (QED) is 0.775. The molecule has 0 saturated heterocycles. The van der Waals surface area contributed by atoms with Crippen LogP contribution in [0.25, 0.3) is 0 Å². The first-order valence-electron chi connectivity index (χ1n) is 7.77. The topological polar surface area (TPSA) is 30.5 Å². The zero-order valence-corrected chi connectivity index (χ0v) is 12.7. The molecule has 2 unspecified atom stereocenters. The molecule has 1 saturated carbocycles. The van der Waals surface area contributed by atoms with Crippen LogP contribution in [-0.4, -0.2) is 26.4 Å². The van der Waals surface area contributed by atoms with Crippen molar-refractivity contribution in [3.8, 4) is 5.75 Å². The van der Waals surface area contributed by atoms with Gasteiger partial charge in [-0.2, -0.15) is 0 Å². The molecule has 1 N–H and O–H groups in total. The third-order valence-corrected chi connectivity index (χ3v) is 4.02. The second-order valence-electron chi connectivity index (χ2n) is 5.69. The molecule has 0 amide bonds. The first-order chi connectivity index (χ1) is 9.79. The minimum absolute atomic E-state index is 0.436. The standard InChI is InChI=1S/C17H27NO2/c1-14-5-3-4-6-17(14)20-12-11-19-16-9-7-15(8-10-16)13-18-2/h7-10,14,17-18H,3-6,11-13H2,1-2H3. The summed E-state index contributed by atoms with van der Waals surface area (Å²) in [6.07, 6.45) is 5.61. The third-order valence-electron chi connectivity index (χ3n) is 4.02. The van der Waals surface area contributed by atoms with Crippen molar-refractivity contribution in [1.29, 1.82) is 0 Å². The highest BCUT2D eigenvalue weighted by atomic mass is 16.5. The van der Waals surface area contributed by atoms with Gasteiger partial charge in [-0.25, -0.2) is 0 Å². The fourth-order valence-corrected chi connectivity index (χ4v) is 2.80. The SMILES string of the molecule is CNCc1ccc(OCCOC2CCCCC2C)cc1. The maximum atomic E-state index is 5.94. The van der Waals surface area contributed by atoms with Crippen molar-refractivity contribution >= 4 is 0 Å². The van der Waals surface area contributed by atoms with Crippen LogP contribution in [0.1, 0.15) is 38.2 Å². The molecule has 0 radical (unpaired) electrons. The van der Waals surface area contributed by atoms with Crippen LogP contribution in [0.3, 0.4) is 0 Å². The monoisotopic (exact) mass is 277 g/mol. The molecule has 0 aliphatic heterocycles. The molecular weight excluding hydrogens is 250 g/mol. The molecule has 1 aromatic carbocycles. The summed E-state index contributed by atoms with van der Waals surface area (Å²) in [6, 6.07) is 8.23. The van der Waals surface area contributed by atoms with E-state index in [1.807, 2.05) is 19.2 Å². The molecule has 3 nitrogen and oxygen atoms in total. The van der Waals surface area contributed by atoms with E-state index in [0.717, 1.165) is 12.3 Å². The lowest BCUT2D eigenvalue weighted by Gasteiger charge is -2.28. The lowest BCUT2D eigenvalue weighted by Crippen LogP contribution is -2.27. The molecule has 1 fully saturated rings. The lowest BCUT2D eigenvalue weighted by atomic mass is 9.88. The van der Waals surface area contributed by atoms with Gasteiger partial charge in [0.1, 0.15) is 12.4 Å². The van der Waals surface area contributed by atoms with Gasteiger partial charge in [0.2, 0.25) is 0 Å². The van der Waals surface area contributed by atoms with Crippen molar-refractivity contribution in [3.63, 3.8) is 0 Å². The smallest absolute Gasteiger partial charge is 0.119 e. The lowest BCUT2D eigenvalue weighted by molar-refractivity contribution is -0.0165. The number of ether oxygens (including phenoxy) is 2. The van der Waals surface area contributed by atoms with Crippen LogP contribution in [-0.2, 0) is 11.3 Å². The maximum Gasteiger partial charge on any atom is 0.119 e. The predicted molar refractivity (Wildman–Crippen MR) is 82.1 cm³/mol. The molecule has 112 valence electrons. The van der Waals surface area contributed by atoms with Gasteiger partial charge in [0.25, 0.3) is 0 Å². The summed E-state index contributed by atoms with van der Waals surface area (Å²) >= 11 is 0. The van der Waals surface area contributed by atoms with Crippen LogP contribution in [0.5, 0.6) is 5.75 Å². The minimum Gasteiger partial charge on any atom is -0.491 e. The summed E-state index contributed by atoms with van der Waals surface area (Å²) < 4.78 is 11.7. The molecule has 3 heteroatoms. The molecule has 0 aromatic heterocycles. The summed E-state index contributed by atoms with van der Waals surface area (Å²) in [6.45, 7) is 4.51. The Morgan fingerprint density at radius 3 is 2.55 bits per heavy atom. The van der Waals surface area contributed by atoms with Gasteiger partial charge in [-0.15, -0.1) is 0 Å². The fraction of sp³-hybridized carbons (Fsp3) is 0.647. The minimum atomic E-state index is 0.436. The van der Waals surface area contributed by atoms with Gasteiger partial charge in [0.05, 0.1) is 12.7 Å². The number of hydrogen-bond donors (Lipinski definition) is 1. The molecule has 2 rings (SSSR count). The number of nitrogens with one attached hydrogen (secondary N) is 1. The van der Waals surface area contributed by atoms with Crippen LogP contribution in [0.15, 0.2) is 24.3 Å². The zero-order valence-electron chi connectivity index (χ0n) is 12.7. The molecule has 0 heterocycles. The van der Waals surface area contributed by atoms with Gasteiger partial charge in [-0.05, 0) is 43.5 Å². The Labute approximate surface area is 122 Å². The molecule has 2 atom stereocenters. The number of hydrogen-bond acceptors (Lipinski definition) is 3. The van der Waals surface area contributed by atoms with Crippen LogP contribution in [0, 0.1) is 5.92 Å². The first-order valence-corrected chi connectivity index (χ1v) is 7.77. The molecule has 1 aliphatic rings. The first kappa shape index (κ1) is 15.3. The van der Waals surface area contributed by atoms with E-state index in [-0.39, 0.29) is 0 Å². The zero-order chi connectivity index (χ0) is 14.2. The van der Waals surface area contributed by atoms with E-state index in [1.165, 1.54) is 31.2 Å². The summed E-state index contributed by atoms with van der Waals surface area (Å²) in [5.74, 6) is 1.62. The number of rotatable bonds is 7. The molecule has 1 aromatic rings. The van der Waals surface area contributed by atoms with E-state index < -0.39 is 0 Å². The van der Waals surface area contributed by atoms with E-state index in [0.29, 0.717) is 25.2 Å². The van der Waals surface area contributed by atoms with E-state index in [1.54, 1.807) is 0 Å². The summed E-state index contributed by atoms with van der Waals surface area (Å²) in [5.41, 5.74) is 1.27. The van der Waals surface area contributed by atoms with Crippen molar-refractivity contribution in [2.45, 2.75) is 45.3 Å². The largest absolute Gasteiger partial charge is 0.491 e. The summed E-state index contributed by atoms with van der Waals surface area (Å²) in [7, 11) is 1.95. The molecule has 1 aliphatic carbocycles. The predicted octanol–water partition coefficient (Wildman–Crippen LogP) is 3.38. The Morgan fingerprint density at radius 1 is 1.10 bits per heavy atom. The normalized spacial score (nSPS) is 22.7. The average Bonchev–Trinajstić information content (AvgIpc) is 2.47. The van der Waals surface area contributed by atoms with E-state index in [2.05, 4.69) is 24.4 Å². The van der Waals surface area contributed by atoms with Crippen molar-refractivity contribution < 1.29 is 9.47 Å². The van der Waals surface area contributed by atoms with E-state index in [9.17, 15) is 0 Å². The van der Waals surface area contributed by atoms with Crippen LogP contribution in [0.4, 0.5) is 0 Å². The highest BCUT2D eigenvalue weighted by Crippen LogP contribution is 2.26. The van der Waals surface area contributed by atoms with Crippen molar-refractivity contribution in [3.05, 3.63) is 29.8 Å². The molecule has 20 heavy (non-hydrogen) atoms. The van der Waals surface area contributed by atoms with E-state index >= 15 is 0 Å². The molecule has 0 spiro atoms. The average molecular weight is 277 g/mol. The molecular formula is C17H27NO2. The van der Waals surface area contributed by atoms with Crippen molar-refractivity contribution in [1.82, 2.24) is 5.32 Å². The Morgan fingerprint density at radius 2 is 1.85 bits per heavy atom. The van der Waals surface area contributed by atoms with Crippen molar-refractivity contribution in [2.24, 2.45) is 5.92 Å². The van der Waals surface area contributed by atoms with Gasteiger partial charge >= 0.3 is 0 Å². The Balaban J connectivity index is 1.65. The fourth-order valence-electron chi connectivity index (χ4n) is 2.80. The second kappa shape index (κ2) is 8.28. The van der Waals surface area contributed by atoms with Gasteiger partial charge in [0, 0.05) is 6.54 Å². The summed E-state index contributed by atoms with van der Waals surface area (Å²) in [5, 5.41) is 3.14. The third kappa shape index (κ3) is 4.80. The van der Waals surface area contributed by atoms with Gasteiger partial charge in [-0.1, -0.05) is 31.9 Å². The highest BCUT2D eigenvalue weighted by Gasteiger charge is 2.21. The van der Waals surface area contributed by atoms with Crippen LogP contribution < -0.4 is 10.1 Å². The Kier molecular flexibility index (Phi) is 6.34. The van der Waals surface area contributed by atoms with Crippen LogP contribution in [0.2, 0.25) is 0 Å². The highest BCUT2D eigenvalue weighted by molar-refractivity contribution is 5.27. The van der Waals surface area contributed by atoms with Crippen molar-refractivity contribution in [2.75, 3.05) is 20.3 Å². The Bertz CT molecular complexity index is 377. The molecule has 0 bridgehead atoms. The maximum absolute atomic E-state index is 5.94. The number of benzene rings is 1. The van der Waals surface area contributed by atoms with Gasteiger partial charge < -0.3 is 14.8 Å². The van der Waals surface area contributed by atoms with Gasteiger partial charge in [0.15, 0.2) is 0 Å².